The number of hydrogen-bond acceptors (Lipinski definition) is 26. The number of benzene rings is 2. The second-order valence-corrected chi connectivity index (χ2v) is 30.6. The Bertz CT molecular complexity index is 4040. The number of hydrogen-bond donors (Lipinski definition) is 27. The van der Waals surface area contributed by atoms with Crippen molar-refractivity contribution in [2.45, 2.75) is 192 Å². The molecule has 700 valence electrons. The van der Waals surface area contributed by atoms with E-state index in [0.29, 0.717) is 24.0 Å². The number of aliphatic hydroxyl groups is 5. The van der Waals surface area contributed by atoms with Gasteiger partial charge in [0.1, 0.15) is 78.5 Å². The van der Waals surface area contributed by atoms with Gasteiger partial charge in [0.25, 0.3) is 0 Å². The number of nitrogens with two attached hydrogens (primary N) is 2. The van der Waals surface area contributed by atoms with E-state index in [4.69, 9.17) is 16.9 Å². The van der Waals surface area contributed by atoms with Gasteiger partial charge in [-0.1, -0.05) is 129 Å². The van der Waals surface area contributed by atoms with E-state index in [1.54, 1.807) is 116 Å². The Morgan fingerprint density at radius 1 is 0.413 bits per heavy atom. The molecule has 0 spiro atoms. The van der Waals surface area contributed by atoms with E-state index in [9.17, 15) is 122 Å². The van der Waals surface area contributed by atoms with Crippen LogP contribution in [0, 0.1) is 29.1 Å². The molecular weight excluding hydrogens is 1660 g/mol. The second kappa shape index (κ2) is 56.3. The van der Waals surface area contributed by atoms with Crippen LogP contribution in [0.25, 0.3) is 0 Å². The van der Waals surface area contributed by atoms with Crippen molar-refractivity contribution in [3.63, 3.8) is 0 Å². The van der Waals surface area contributed by atoms with Gasteiger partial charge in [0.15, 0.2) is 5.96 Å². The maximum Gasteiger partial charge on any atom is 0.328 e. The third kappa shape index (κ3) is 37.8. The van der Waals surface area contributed by atoms with Crippen LogP contribution in [0.3, 0.4) is 0 Å². The third-order valence-corrected chi connectivity index (χ3v) is 19.9. The lowest BCUT2D eigenvalue weighted by Gasteiger charge is -2.32. The maximum absolute atomic E-state index is 13.9. The molecule has 1 aliphatic rings. The van der Waals surface area contributed by atoms with Gasteiger partial charge in [-0.3, -0.25) is 91.7 Å². The fraction of sp³-hybridized carbons (Fsp3) is 0.595. The Morgan fingerprint density at radius 2 is 0.770 bits per heavy atom. The smallest absolute Gasteiger partial charge is 0.328 e. The highest BCUT2D eigenvalue weighted by Crippen LogP contribution is 2.22. The summed E-state index contributed by atoms with van der Waals surface area (Å²) in [5, 5.41) is 110. The third-order valence-electron chi connectivity index (χ3n) is 19.9. The van der Waals surface area contributed by atoms with Crippen molar-refractivity contribution in [1.29, 1.82) is 5.41 Å². The molecular formula is C79H124N22O25. The Hall–Kier alpha value is -12.6. The number of carbonyl (C=O) groups excluding carboxylic acids is 18. The van der Waals surface area contributed by atoms with Crippen LogP contribution in [0.1, 0.15) is 111 Å². The number of nitrogens with one attached hydrogen (secondary N) is 19. The summed E-state index contributed by atoms with van der Waals surface area (Å²) >= 11 is 0. The summed E-state index contributed by atoms with van der Waals surface area (Å²) in [5.74, 6) is -21.0. The monoisotopic (exact) mass is 1780 g/mol. The Balaban J connectivity index is 1.59. The fourth-order valence-corrected chi connectivity index (χ4v) is 12.4. The molecule has 1 saturated heterocycles. The lowest BCUT2D eigenvalue weighted by molar-refractivity contribution is -0.143. The first kappa shape index (κ1) is 108. The Morgan fingerprint density at radius 3 is 1.21 bits per heavy atom. The van der Waals surface area contributed by atoms with Crippen LogP contribution < -0.4 is 107 Å². The minimum atomic E-state index is -1.78. The minimum Gasteiger partial charge on any atom is -0.480 e. The highest BCUT2D eigenvalue weighted by Gasteiger charge is 2.42. The van der Waals surface area contributed by atoms with E-state index in [1.807, 2.05) is 0 Å². The molecule has 1 fully saturated rings. The molecule has 1 aliphatic heterocycles. The predicted octanol–water partition coefficient (Wildman–Crippen LogP) is -11.1. The van der Waals surface area contributed by atoms with Crippen LogP contribution in [0.5, 0.6) is 0 Å². The Kier molecular flexibility index (Phi) is 48.1. The molecule has 15 atom stereocenters. The highest BCUT2D eigenvalue weighted by atomic mass is 16.4. The SMILES string of the molecule is CC[C@H](C)[C@H](NC(=O)CNC(=O)[C@H](Cc1ccccc1)NC(=O)CNC(=O)CNC(=O)[C@H](CO)NC(=O)[C@H](CO)NC(=O)[C@@H](NC(=O)[C@@H]1CCCN1C(=O)[C@@H](NC(=O)CN)C(C)C)[C@@H](C)CC)C(=O)N[C@@H](CO)C(=O)NCC(=O)N[C@@H](CC(C)C)C(=O)NCC(=O)N[C@@H](CO)C(=O)N[C@@H](CCCNC(=N)N)C(=O)N[C@@H](Cc1ccccc1)C(=O)N[C@@H](CO)C(=O)O. The molecule has 126 heavy (non-hydrogen) atoms. The maximum atomic E-state index is 13.9. The number of carboxylic acid groups (broad SMARTS) is 1. The summed E-state index contributed by atoms with van der Waals surface area (Å²) in [6.07, 6.45) is 0.670. The molecule has 47 heteroatoms. The summed E-state index contributed by atoms with van der Waals surface area (Å²) in [7, 11) is 0. The van der Waals surface area contributed by atoms with Crippen molar-refractivity contribution < 1.29 is 122 Å². The number of guanidine groups is 1. The van der Waals surface area contributed by atoms with Crippen molar-refractivity contribution in [1.82, 2.24) is 101 Å². The fourth-order valence-electron chi connectivity index (χ4n) is 12.4. The van der Waals surface area contributed by atoms with Crippen LogP contribution in [-0.2, 0) is 104 Å². The lowest BCUT2D eigenvalue weighted by Crippen LogP contribution is -2.61. The molecule has 0 aromatic heterocycles. The van der Waals surface area contributed by atoms with E-state index < -0.39 is 274 Å². The summed E-state index contributed by atoms with van der Waals surface area (Å²) in [5.41, 5.74) is 11.9. The molecule has 29 N–H and O–H groups in total. The minimum absolute atomic E-state index is 0.0157. The number of carboxylic acids is 1. The largest absolute Gasteiger partial charge is 0.480 e. The number of carbonyl (C=O) groups is 19. The molecule has 0 saturated carbocycles. The van der Waals surface area contributed by atoms with Gasteiger partial charge in [0, 0.05) is 25.9 Å². The van der Waals surface area contributed by atoms with Gasteiger partial charge in [0.05, 0.1) is 72.3 Å². The normalized spacial score (nSPS) is 15.6. The number of rotatable bonds is 56. The molecule has 2 aromatic carbocycles. The molecule has 0 radical (unpaired) electrons. The van der Waals surface area contributed by atoms with Gasteiger partial charge >= 0.3 is 5.97 Å². The predicted molar refractivity (Wildman–Crippen MR) is 448 cm³/mol. The van der Waals surface area contributed by atoms with Crippen molar-refractivity contribution in [2.75, 3.05) is 85.4 Å². The number of amides is 18. The molecule has 18 amide bonds. The average Bonchev–Trinajstić information content (AvgIpc) is 1.67. The van der Waals surface area contributed by atoms with Crippen molar-refractivity contribution in [3.8, 4) is 0 Å². The van der Waals surface area contributed by atoms with Gasteiger partial charge in [-0.2, -0.15) is 0 Å². The van der Waals surface area contributed by atoms with Crippen LogP contribution >= 0.6 is 0 Å². The molecule has 0 unspecified atom stereocenters. The van der Waals surface area contributed by atoms with Crippen LogP contribution in [-0.4, -0.2) is 318 Å². The van der Waals surface area contributed by atoms with Gasteiger partial charge in [-0.25, -0.2) is 4.79 Å². The molecule has 0 aliphatic carbocycles. The molecule has 2 aromatic rings. The first-order valence-electron chi connectivity index (χ1n) is 41.1. The first-order valence-corrected chi connectivity index (χ1v) is 41.1. The first-order chi connectivity index (χ1) is 59.7. The van der Waals surface area contributed by atoms with E-state index in [-0.39, 0.29) is 76.4 Å². The zero-order chi connectivity index (χ0) is 94.4. The topological polar surface area (TPSA) is 741 Å². The van der Waals surface area contributed by atoms with Gasteiger partial charge in [-0.05, 0) is 66.9 Å². The quantitative estimate of drug-likeness (QED) is 0.0166. The zero-order valence-corrected chi connectivity index (χ0v) is 71.7. The molecule has 3 rings (SSSR count). The Labute approximate surface area is 727 Å². The van der Waals surface area contributed by atoms with Crippen LogP contribution in [0.2, 0.25) is 0 Å². The van der Waals surface area contributed by atoms with Crippen LogP contribution in [0.15, 0.2) is 60.7 Å². The van der Waals surface area contributed by atoms with Crippen molar-refractivity contribution in [2.24, 2.45) is 35.1 Å². The summed E-state index contributed by atoms with van der Waals surface area (Å²) < 4.78 is 0. The van der Waals surface area contributed by atoms with E-state index in [1.165, 1.54) is 4.90 Å². The average molecular weight is 1780 g/mol. The number of aliphatic hydroxyl groups excluding tert-OH is 5. The summed E-state index contributed by atoms with van der Waals surface area (Å²) in [4.78, 5) is 255. The van der Waals surface area contributed by atoms with E-state index in [2.05, 4.69) is 95.7 Å². The van der Waals surface area contributed by atoms with Gasteiger partial charge < -0.3 is 143 Å². The second-order valence-electron chi connectivity index (χ2n) is 30.6. The summed E-state index contributed by atoms with van der Waals surface area (Å²) in [6.45, 7) is 3.81. The van der Waals surface area contributed by atoms with E-state index in [0.717, 1.165) is 0 Å². The molecule has 47 nitrogen and oxygen atoms in total. The molecule has 0 bridgehead atoms. The van der Waals surface area contributed by atoms with Gasteiger partial charge in [0.2, 0.25) is 106 Å². The number of nitrogens with zero attached hydrogens (tertiary/aromatic N) is 1. The van der Waals surface area contributed by atoms with Gasteiger partial charge in [-0.15, -0.1) is 0 Å². The van der Waals surface area contributed by atoms with Crippen molar-refractivity contribution in [3.05, 3.63) is 71.8 Å². The lowest BCUT2D eigenvalue weighted by atomic mass is 9.97. The van der Waals surface area contributed by atoms with E-state index >= 15 is 0 Å². The zero-order valence-electron chi connectivity index (χ0n) is 71.7. The van der Waals surface area contributed by atoms with Crippen molar-refractivity contribution >= 4 is 118 Å². The standard InChI is InChI=1S/C79H124N22O25/c1-9-43(7)64(75(122)95-52(37-103)69(116)88-33-60(110)89-48(27-41(3)4)66(113)86-34-61(111)91-53(38-104)72(119)92-47(23-17-25-83-79(81)82)70(117)93-50(29-46-21-15-12-16-22-46)71(118)97-55(40-106)78(125)126)99-62(112)35-87-67(114)49(28-45-19-13-11-14-20-45)90-59(109)32-84-58(108)31-85-68(115)51(36-102)94-73(120)54(39-105)96-76(123)65(44(8)10-2)100-74(121)56-24-18-26-101(56)77(124)63(42(5)6)98-57(107)30-80/h11-16,19-22,41-44,47-56,63-65,102-106H,9-10,17-18,23-40,80H2,1-8H3,(H,84,108)(H,85,115)(H,86,113)(H,87,114)(H,88,116)(H,89,110)(H,90,109)(H,91,111)(H,92,119)(H,93,117)(H,94,120)(H,95,122)(H,96,123)(H,97,118)(H,98,107)(H,99,112)(H,100,121)(H,125,126)(H4,81,82,83)/t43-,44-,47-,48-,49-,50-,51-,52-,53-,54-,55-,56-,63-,64-,65-/m0/s1. The highest BCUT2D eigenvalue weighted by molar-refractivity contribution is 6.01. The summed E-state index contributed by atoms with van der Waals surface area (Å²) in [6, 6.07) is -3.02. The van der Waals surface area contributed by atoms with Crippen LogP contribution in [0.4, 0.5) is 0 Å². The molecule has 1 heterocycles. The number of likely N-dealkylation sites (tertiary alicyclic amines) is 1. The number of aliphatic carboxylic acids is 1.